The molecule has 0 saturated carbocycles. The Morgan fingerprint density at radius 2 is 2.04 bits per heavy atom. The molecule has 6 heteroatoms. The number of amides is 1. The Bertz CT molecular complexity index is 774. The second-order valence-corrected chi connectivity index (χ2v) is 6.35. The first-order valence-corrected chi connectivity index (χ1v) is 8.90. The number of fused-ring (bicyclic) bond motifs is 1. The third-order valence-corrected chi connectivity index (χ3v) is 4.46. The number of aromatic nitrogens is 2. The fourth-order valence-corrected chi connectivity index (χ4v) is 3.00. The lowest BCUT2D eigenvalue weighted by molar-refractivity contribution is -0.117. The number of anilines is 3. The normalized spacial score (nSPS) is 13.2. The molecule has 0 atom stereocenters. The van der Waals surface area contributed by atoms with E-state index in [1.165, 1.54) is 5.56 Å². The average Bonchev–Trinajstić information content (AvgIpc) is 2.92. The molecule has 1 aromatic heterocycles. The Kier molecular flexibility index (Phi) is 5.16. The first-order chi connectivity index (χ1) is 12.1. The average molecular weight is 339 g/mol. The van der Waals surface area contributed by atoms with Crippen molar-refractivity contribution in [1.82, 2.24) is 9.97 Å². The highest BCUT2D eigenvalue weighted by atomic mass is 16.2. The Morgan fingerprint density at radius 1 is 1.24 bits per heavy atom. The summed E-state index contributed by atoms with van der Waals surface area (Å²) < 4.78 is 0. The molecule has 6 nitrogen and oxygen atoms in total. The minimum atomic E-state index is 0.0172. The summed E-state index contributed by atoms with van der Waals surface area (Å²) in [5, 5.41) is 3.19. The minimum absolute atomic E-state index is 0.0172. The summed E-state index contributed by atoms with van der Waals surface area (Å²) in [5.41, 5.74) is 9.16. The number of benzene rings is 1. The molecule has 0 unspecified atom stereocenters. The summed E-state index contributed by atoms with van der Waals surface area (Å²) in [5.74, 6) is 1.54. The van der Waals surface area contributed by atoms with Crippen LogP contribution >= 0.6 is 0 Å². The predicted molar refractivity (Wildman–Crippen MR) is 101 cm³/mol. The van der Waals surface area contributed by atoms with E-state index in [-0.39, 0.29) is 12.3 Å². The van der Waals surface area contributed by atoms with Crippen LogP contribution in [0.15, 0.2) is 24.3 Å². The summed E-state index contributed by atoms with van der Waals surface area (Å²) in [6, 6.07) is 8.30. The number of hydrogen-bond donors (Lipinski definition) is 2. The number of hydrogen-bond acceptors (Lipinski definition) is 5. The Hall–Kier alpha value is -2.63. The van der Waals surface area contributed by atoms with Crippen LogP contribution in [-0.2, 0) is 24.2 Å². The highest BCUT2D eigenvalue weighted by molar-refractivity contribution is 6.01. The molecule has 0 fully saturated rings. The molecule has 0 aliphatic carbocycles. The molecular formula is C19H25N5O. The number of aryl methyl sites for hydroxylation is 1. The number of unbranched alkanes of at least 4 members (excludes halogenated alkanes) is 1. The van der Waals surface area contributed by atoms with E-state index in [4.69, 9.17) is 5.73 Å². The van der Waals surface area contributed by atoms with Crippen molar-refractivity contribution in [2.24, 2.45) is 0 Å². The lowest BCUT2D eigenvalue weighted by Crippen LogP contribution is -2.27. The van der Waals surface area contributed by atoms with Crippen LogP contribution in [0.25, 0.3) is 0 Å². The van der Waals surface area contributed by atoms with Crippen LogP contribution in [0.1, 0.15) is 43.4 Å². The third-order valence-electron chi connectivity index (χ3n) is 4.46. The van der Waals surface area contributed by atoms with E-state index < -0.39 is 0 Å². The van der Waals surface area contributed by atoms with E-state index in [2.05, 4.69) is 41.3 Å². The standard InChI is InChI=1S/C19H25N5O/c1-3-5-9-21-19-22-17(20)15-11-16(25)24(18(15)23-19)12-14-8-6-7-13(4-2)10-14/h6-8,10H,3-5,9,11-12H2,1-2H3,(H3,20,21,22,23). The van der Waals surface area contributed by atoms with Gasteiger partial charge in [-0.25, -0.2) is 0 Å². The Morgan fingerprint density at radius 3 is 2.80 bits per heavy atom. The second kappa shape index (κ2) is 7.51. The molecule has 1 amide bonds. The van der Waals surface area contributed by atoms with Crippen molar-refractivity contribution in [1.29, 1.82) is 0 Å². The predicted octanol–water partition coefficient (Wildman–Crippen LogP) is 2.92. The number of carbonyl (C=O) groups excluding carboxylic acids is 1. The van der Waals surface area contributed by atoms with Gasteiger partial charge in [0.1, 0.15) is 11.6 Å². The zero-order chi connectivity index (χ0) is 17.8. The maximum absolute atomic E-state index is 12.5. The second-order valence-electron chi connectivity index (χ2n) is 6.35. The van der Waals surface area contributed by atoms with Crippen LogP contribution in [0.3, 0.4) is 0 Å². The van der Waals surface area contributed by atoms with Gasteiger partial charge in [0.25, 0.3) is 0 Å². The summed E-state index contributed by atoms with van der Waals surface area (Å²) >= 11 is 0. The maximum atomic E-state index is 12.5. The summed E-state index contributed by atoms with van der Waals surface area (Å²) in [4.78, 5) is 23.1. The van der Waals surface area contributed by atoms with E-state index in [0.29, 0.717) is 24.1 Å². The number of rotatable bonds is 7. The largest absolute Gasteiger partial charge is 0.383 e. The SMILES string of the molecule is CCCCNc1nc(N)c2c(n1)N(Cc1cccc(CC)c1)C(=O)C2. The van der Waals surface area contributed by atoms with E-state index in [0.717, 1.165) is 36.9 Å². The third kappa shape index (κ3) is 3.73. The molecule has 1 aliphatic heterocycles. The van der Waals surface area contributed by atoms with Gasteiger partial charge in [0.2, 0.25) is 11.9 Å². The first-order valence-electron chi connectivity index (χ1n) is 8.90. The molecule has 0 radical (unpaired) electrons. The maximum Gasteiger partial charge on any atom is 0.233 e. The smallest absolute Gasteiger partial charge is 0.233 e. The summed E-state index contributed by atoms with van der Waals surface area (Å²) in [7, 11) is 0. The van der Waals surface area contributed by atoms with E-state index in [1.807, 2.05) is 12.1 Å². The highest BCUT2D eigenvalue weighted by Crippen LogP contribution is 2.32. The van der Waals surface area contributed by atoms with Gasteiger partial charge in [-0.1, -0.05) is 44.5 Å². The monoisotopic (exact) mass is 339 g/mol. The molecule has 1 aromatic carbocycles. The summed E-state index contributed by atoms with van der Waals surface area (Å²) in [6.07, 6.45) is 3.36. The molecule has 0 bridgehead atoms. The lowest BCUT2D eigenvalue weighted by Gasteiger charge is -2.18. The van der Waals surface area contributed by atoms with Gasteiger partial charge in [-0.15, -0.1) is 0 Å². The molecule has 3 rings (SSSR count). The van der Waals surface area contributed by atoms with Crippen LogP contribution in [0.5, 0.6) is 0 Å². The topological polar surface area (TPSA) is 84.1 Å². The van der Waals surface area contributed by atoms with Crippen molar-refractivity contribution in [3.8, 4) is 0 Å². The van der Waals surface area contributed by atoms with Crippen LogP contribution in [0.4, 0.5) is 17.6 Å². The van der Waals surface area contributed by atoms with Crippen LogP contribution in [0.2, 0.25) is 0 Å². The quantitative estimate of drug-likeness (QED) is 0.758. The minimum Gasteiger partial charge on any atom is -0.383 e. The molecule has 2 heterocycles. The molecule has 0 spiro atoms. The van der Waals surface area contributed by atoms with Crippen molar-refractivity contribution >= 4 is 23.5 Å². The van der Waals surface area contributed by atoms with E-state index in [1.54, 1.807) is 4.90 Å². The molecule has 0 saturated heterocycles. The number of nitrogen functional groups attached to an aromatic ring is 1. The van der Waals surface area contributed by atoms with Gasteiger partial charge in [-0.3, -0.25) is 9.69 Å². The molecule has 2 aromatic rings. The Labute approximate surface area is 148 Å². The lowest BCUT2D eigenvalue weighted by atomic mass is 10.1. The van der Waals surface area contributed by atoms with Crippen LogP contribution in [0, 0.1) is 0 Å². The fourth-order valence-electron chi connectivity index (χ4n) is 3.00. The number of nitrogens with two attached hydrogens (primary N) is 1. The van der Waals surface area contributed by atoms with Crippen molar-refractivity contribution in [2.45, 2.75) is 46.1 Å². The molecule has 25 heavy (non-hydrogen) atoms. The number of nitrogens with zero attached hydrogens (tertiary/aromatic N) is 3. The number of nitrogens with one attached hydrogen (secondary N) is 1. The van der Waals surface area contributed by atoms with Gasteiger partial charge in [0.05, 0.1) is 13.0 Å². The zero-order valence-corrected chi connectivity index (χ0v) is 14.9. The molecule has 3 N–H and O–H groups in total. The van der Waals surface area contributed by atoms with Gasteiger partial charge >= 0.3 is 0 Å². The van der Waals surface area contributed by atoms with Crippen molar-refractivity contribution in [3.05, 3.63) is 41.0 Å². The van der Waals surface area contributed by atoms with E-state index >= 15 is 0 Å². The van der Waals surface area contributed by atoms with Gasteiger partial charge in [0.15, 0.2) is 0 Å². The van der Waals surface area contributed by atoms with Crippen molar-refractivity contribution in [2.75, 3.05) is 22.5 Å². The van der Waals surface area contributed by atoms with Crippen LogP contribution in [-0.4, -0.2) is 22.4 Å². The van der Waals surface area contributed by atoms with Gasteiger partial charge in [-0.05, 0) is 24.0 Å². The van der Waals surface area contributed by atoms with Gasteiger partial charge < -0.3 is 11.1 Å². The van der Waals surface area contributed by atoms with Gasteiger partial charge in [0, 0.05) is 12.1 Å². The Balaban J connectivity index is 1.86. The van der Waals surface area contributed by atoms with Crippen LogP contribution < -0.4 is 16.0 Å². The van der Waals surface area contributed by atoms with Gasteiger partial charge in [-0.2, -0.15) is 9.97 Å². The number of carbonyl (C=O) groups is 1. The summed E-state index contributed by atoms with van der Waals surface area (Å²) in [6.45, 7) is 5.55. The first kappa shape index (κ1) is 17.2. The van der Waals surface area contributed by atoms with E-state index in [9.17, 15) is 4.79 Å². The molecule has 1 aliphatic rings. The van der Waals surface area contributed by atoms with Crippen molar-refractivity contribution < 1.29 is 4.79 Å². The fraction of sp³-hybridized carbons (Fsp3) is 0.421. The zero-order valence-electron chi connectivity index (χ0n) is 14.9. The highest BCUT2D eigenvalue weighted by Gasteiger charge is 2.32. The molecular weight excluding hydrogens is 314 g/mol. The van der Waals surface area contributed by atoms with Crippen molar-refractivity contribution in [3.63, 3.8) is 0 Å². The molecule has 132 valence electrons.